The summed E-state index contributed by atoms with van der Waals surface area (Å²) in [6.07, 6.45) is 33.2. The SMILES string of the molecule is CCCCCCCCCCCCCCCCCCCCCCCCc1ccc2cc(C)cccc1-2. The lowest BCUT2D eigenvalue weighted by atomic mass is 10.0. The van der Waals surface area contributed by atoms with Gasteiger partial charge in [0.05, 0.1) is 0 Å². The van der Waals surface area contributed by atoms with Crippen molar-refractivity contribution < 1.29 is 0 Å². The standard InChI is InChI=1S/C35H58/c1-3-4-5-6-7-8-9-10-11-12-13-14-15-16-17-18-19-20-21-22-23-24-27-33-29-30-34-31-32(2)26-25-28-35(33)34/h25-26,28-31H,3-24,27H2,1-2H3. The highest BCUT2D eigenvalue weighted by atomic mass is 14.1. The first kappa shape index (κ1) is 29.9. The zero-order valence-corrected chi connectivity index (χ0v) is 23.7. The Hall–Kier alpha value is -1.30. The van der Waals surface area contributed by atoms with E-state index in [1.165, 1.54) is 164 Å². The van der Waals surface area contributed by atoms with Crippen molar-refractivity contribution in [1.29, 1.82) is 0 Å². The maximum atomic E-state index is 2.35. The third-order valence-electron chi connectivity index (χ3n) is 7.93. The first-order chi connectivity index (χ1) is 17.3. The van der Waals surface area contributed by atoms with Crippen LogP contribution in [0.1, 0.15) is 159 Å². The van der Waals surface area contributed by atoms with E-state index in [1.54, 1.807) is 5.56 Å². The number of rotatable bonds is 23. The lowest BCUT2D eigenvalue weighted by Crippen LogP contribution is -1.86. The molecule has 0 fully saturated rings. The fourth-order valence-electron chi connectivity index (χ4n) is 5.62. The molecule has 0 aromatic carbocycles. The molecule has 0 saturated heterocycles. The number of hydrogen-bond donors (Lipinski definition) is 0. The number of fused-ring (bicyclic) bond motifs is 1. The van der Waals surface area contributed by atoms with Gasteiger partial charge in [0.1, 0.15) is 0 Å². The van der Waals surface area contributed by atoms with Crippen molar-refractivity contribution in [2.24, 2.45) is 0 Å². The number of hydrogen-bond acceptors (Lipinski definition) is 0. The Kier molecular flexibility index (Phi) is 17.8. The fraction of sp³-hybridized carbons (Fsp3) is 0.714. The molecule has 0 amide bonds. The quantitative estimate of drug-likeness (QED) is 0.139. The minimum absolute atomic E-state index is 1.24. The molecule has 0 spiro atoms. The normalized spacial score (nSPS) is 11.5. The third kappa shape index (κ3) is 14.8. The highest BCUT2D eigenvalue weighted by Gasteiger charge is 2.07. The molecule has 2 aliphatic rings. The highest BCUT2D eigenvalue weighted by Crippen LogP contribution is 2.29. The second-order valence-corrected chi connectivity index (χ2v) is 11.3. The third-order valence-corrected chi connectivity index (χ3v) is 7.93. The Morgan fingerprint density at radius 1 is 0.457 bits per heavy atom. The Morgan fingerprint density at radius 3 is 1.34 bits per heavy atom. The molecule has 0 nitrogen and oxygen atoms in total. The number of unbranched alkanes of at least 4 members (excludes halogenated alkanes) is 21. The summed E-state index contributed by atoms with van der Waals surface area (Å²) in [6.45, 7) is 4.49. The second kappa shape index (κ2) is 20.8. The molecule has 0 aromatic heterocycles. The van der Waals surface area contributed by atoms with Crippen LogP contribution in [0.3, 0.4) is 0 Å². The molecule has 0 N–H and O–H groups in total. The molecule has 2 rings (SSSR count). The van der Waals surface area contributed by atoms with Gasteiger partial charge in [0.25, 0.3) is 0 Å². The first-order valence-corrected chi connectivity index (χ1v) is 15.8. The van der Waals surface area contributed by atoms with Gasteiger partial charge >= 0.3 is 0 Å². The van der Waals surface area contributed by atoms with Crippen molar-refractivity contribution in [3.63, 3.8) is 0 Å². The van der Waals surface area contributed by atoms with E-state index >= 15 is 0 Å². The fourth-order valence-corrected chi connectivity index (χ4v) is 5.62. The summed E-state index contributed by atoms with van der Waals surface area (Å²) in [5.41, 5.74) is 5.76. The molecule has 2 aliphatic carbocycles. The summed E-state index contributed by atoms with van der Waals surface area (Å²) in [5.74, 6) is 0. The molecule has 198 valence electrons. The van der Waals surface area contributed by atoms with Gasteiger partial charge in [0.15, 0.2) is 0 Å². The van der Waals surface area contributed by atoms with Crippen LogP contribution in [0, 0.1) is 6.92 Å². The number of aryl methyl sites for hydroxylation is 2. The molecule has 0 radical (unpaired) electrons. The largest absolute Gasteiger partial charge is 0.0654 e. The second-order valence-electron chi connectivity index (χ2n) is 11.3. The van der Waals surface area contributed by atoms with Crippen molar-refractivity contribution in [3.8, 4) is 11.1 Å². The van der Waals surface area contributed by atoms with Crippen LogP contribution in [0.25, 0.3) is 11.1 Å². The van der Waals surface area contributed by atoms with Crippen LogP contribution < -0.4 is 0 Å². The van der Waals surface area contributed by atoms with Crippen LogP contribution in [0.15, 0.2) is 36.4 Å². The maximum absolute atomic E-state index is 2.35. The van der Waals surface area contributed by atoms with Gasteiger partial charge in [-0.05, 0) is 36.5 Å². The average Bonchev–Trinajstić information content (AvgIpc) is 3.12. The predicted molar refractivity (Wildman–Crippen MR) is 159 cm³/mol. The monoisotopic (exact) mass is 478 g/mol. The summed E-state index contributed by atoms with van der Waals surface area (Å²) in [7, 11) is 0. The average molecular weight is 479 g/mol. The van der Waals surface area contributed by atoms with Crippen LogP contribution in [0.2, 0.25) is 0 Å². The van der Waals surface area contributed by atoms with E-state index in [9.17, 15) is 0 Å². The lowest BCUT2D eigenvalue weighted by molar-refractivity contribution is 0.519. The summed E-state index contributed by atoms with van der Waals surface area (Å²) in [5, 5.41) is 0. The van der Waals surface area contributed by atoms with Crippen LogP contribution in [-0.2, 0) is 6.42 Å². The molecule has 0 atom stereocenters. The van der Waals surface area contributed by atoms with E-state index in [-0.39, 0.29) is 0 Å². The van der Waals surface area contributed by atoms with Crippen LogP contribution in [0.5, 0.6) is 0 Å². The maximum Gasteiger partial charge on any atom is -0.0152 e. The molecule has 0 bridgehead atoms. The molecule has 0 heteroatoms. The molecular weight excluding hydrogens is 420 g/mol. The van der Waals surface area contributed by atoms with Gasteiger partial charge in [-0.3, -0.25) is 0 Å². The molecule has 0 aliphatic heterocycles. The molecule has 0 aromatic rings. The van der Waals surface area contributed by atoms with E-state index in [0.29, 0.717) is 0 Å². The molecule has 0 unspecified atom stereocenters. The summed E-state index contributed by atoms with van der Waals surface area (Å²) in [6, 6.07) is 13.7. The van der Waals surface area contributed by atoms with Gasteiger partial charge in [-0.2, -0.15) is 0 Å². The predicted octanol–water partition coefficient (Wildman–Crippen LogP) is 12.2. The van der Waals surface area contributed by atoms with Crippen LogP contribution >= 0.6 is 0 Å². The van der Waals surface area contributed by atoms with Gasteiger partial charge in [0, 0.05) is 0 Å². The highest BCUT2D eigenvalue weighted by molar-refractivity contribution is 5.70. The van der Waals surface area contributed by atoms with E-state index in [1.807, 2.05) is 0 Å². The molecule has 0 saturated carbocycles. The van der Waals surface area contributed by atoms with Gasteiger partial charge in [-0.15, -0.1) is 0 Å². The minimum Gasteiger partial charge on any atom is -0.0654 e. The minimum atomic E-state index is 1.24. The molecule has 0 heterocycles. The zero-order valence-electron chi connectivity index (χ0n) is 23.7. The smallest absolute Gasteiger partial charge is 0.0152 e. The van der Waals surface area contributed by atoms with Crippen molar-refractivity contribution >= 4 is 0 Å². The van der Waals surface area contributed by atoms with Gasteiger partial charge in [-0.1, -0.05) is 184 Å². The van der Waals surface area contributed by atoms with E-state index in [4.69, 9.17) is 0 Å². The Bertz CT molecular complexity index is 699. The van der Waals surface area contributed by atoms with Crippen molar-refractivity contribution in [2.45, 2.75) is 162 Å². The summed E-state index contributed by atoms with van der Waals surface area (Å²) >= 11 is 0. The van der Waals surface area contributed by atoms with Crippen molar-refractivity contribution in [2.75, 3.05) is 0 Å². The Balaban J connectivity index is 1.28. The van der Waals surface area contributed by atoms with E-state index < -0.39 is 0 Å². The van der Waals surface area contributed by atoms with Crippen LogP contribution in [0.4, 0.5) is 0 Å². The Morgan fingerprint density at radius 2 is 0.886 bits per heavy atom. The van der Waals surface area contributed by atoms with Crippen molar-refractivity contribution in [1.82, 2.24) is 0 Å². The summed E-state index contributed by atoms with van der Waals surface area (Å²) in [4.78, 5) is 0. The lowest BCUT2D eigenvalue weighted by Gasteiger charge is -2.05. The van der Waals surface area contributed by atoms with Crippen molar-refractivity contribution in [3.05, 3.63) is 47.5 Å². The molecule has 35 heavy (non-hydrogen) atoms. The van der Waals surface area contributed by atoms with E-state index in [2.05, 4.69) is 50.2 Å². The zero-order chi connectivity index (χ0) is 24.8. The topological polar surface area (TPSA) is 0 Å². The van der Waals surface area contributed by atoms with Crippen LogP contribution in [-0.4, -0.2) is 0 Å². The van der Waals surface area contributed by atoms with Gasteiger partial charge in [-0.25, -0.2) is 0 Å². The van der Waals surface area contributed by atoms with Gasteiger partial charge < -0.3 is 0 Å². The molecular formula is C35H58. The summed E-state index contributed by atoms with van der Waals surface area (Å²) < 4.78 is 0. The van der Waals surface area contributed by atoms with Gasteiger partial charge in [0.2, 0.25) is 0 Å². The Labute approximate surface area is 220 Å². The van der Waals surface area contributed by atoms with E-state index in [0.717, 1.165) is 0 Å². The first-order valence-electron chi connectivity index (χ1n) is 15.8.